The van der Waals surface area contributed by atoms with Gasteiger partial charge in [-0.15, -0.1) is 0 Å². The Morgan fingerprint density at radius 1 is 1.40 bits per heavy atom. The van der Waals surface area contributed by atoms with E-state index in [1.807, 2.05) is 13.0 Å². The highest BCUT2D eigenvalue weighted by Crippen LogP contribution is 2.34. The molecule has 80 valence electrons. The number of benzene rings is 1. The monoisotopic (exact) mass is 204 g/mol. The first-order chi connectivity index (χ1) is 7.17. The minimum atomic E-state index is -0.165. The molecule has 1 unspecified atom stereocenters. The third-order valence-electron chi connectivity index (χ3n) is 3.26. The van der Waals surface area contributed by atoms with Gasteiger partial charge >= 0.3 is 0 Å². The van der Waals surface area contributed by atoms with Gasteiger partial charge in [0.2, 0.25) is 0 Å². The smallest absolute Gasteiger partial charge is 0.126 e. The summed E-state index contributed by atoms with van der Waals surface area (Å²) >= 11 is 0. The van der Waals surface area contributed by atoms with E-state index in [1.54, 1.807) is 7.11 Å². The van der Waals surface area contributed by atoms with Crippen LogP contribution < -0.4 is 4.74 Å². The maximum atomic E-state index is 11.0. The average molecular weight is 204 g/mol. The normalized spacial score (nSPS) is 24.4. The molecule has 0 aromatic heterocycles. The maximum absolute atomic E-state index is 11.0. The molecule has 1 aliphatic carbocycles. The summed E-state index contributed by atoms with van der Waals surface area (Å²) in [5.41, 5.74) is 2.45. The lowest BCUT2D eigenvalue weighted by Crippen LogP contribution is -2.27. The van der Waals surface area contributed by atoms with Crippen molar-refractivity contribution >= 4 is 6.29 Å². The Labute approximate surface area is 90.3 Å². The van der Waals surface area contributed by atoms with Gasteiger partial charge in [-0.25, -0.2) is 0 Å². The molecule has 2 heteroatoms. The zero-order valence-corrected chi connectivity index (χ0v) is 9.25. The second-order valence-electron chi connectivity index (χ2n) is 4.58. The molecule has 2 nitrogen and oxygen atoms in total. The average Bonchev–Trinajstić information content (AvgIpc) is 2.28. The molecular formula is C13H16O2. The van der Waals surface area contributed by atoms with Crippen molar-refractivity contribution in [1.29, 1.82) is 0 Å². The minimum absolute atomic E-state index is 0.165. The summed E-state index contributed by atoms with van der Waals surface area (Å²) in [7, 11) is 1.68. The topological polar surface area (TPSA) is 26.3 Å². The third kappa shape index (κ3) is 1.89. The molecule has 1 aromatic carbocycles. The Balaban J connectivity index is 2.32. The van der Waals surface area contributed by atoms with Crippen LogP contribution in [0.3, 0.4) is 0 Å². The lowest BCUT2D eigenvalue weighted by atomic mass is 9.74. The number of ether oxygens (including phenoxy) is 1. The van der Waals surface area contributed by atoms with E-state index in [1.165, 1.54) is 11.1 Å². The van der Waals surface area contributed by atoms with Crippen molar-refractivity contribution in [3.05, 3.63) is 29.3 Å². The van der Waals surface area contributed by atoms with Gasteiger partial charge < -0.3 is 9.53 Å². The number of aryl methyl sites for hydroxylation is 1. The van der Waals surface area contributed by atoms with Gasteiger partial charge in [0.1, 0.15) is 12.0 Å². The fourth-order valence-electron chi connectivity index (χ4n) is 2.18. The molecule has 1 aromatic rings. The van der Waals surface area contributed by atoms with Gasteiger partial charge in [-0.1, -0.05) is 13.0 Å². The Morgan fingerprint density at radius 3 is 2.87 bits per heavy atom. The van der Waals surface area contributed by atoms with E-state index in [0.29, 0.717) is 0 Å². The summed E-state index contributed by atoms with van der Waals surface area (Å²) in [5.74, 6) is 0.906. The van der Waals surface area contributed by atoms with E-state index in [2.05, 4.69) is 12.1 Å². The first-order valence-electron chi connectivity index (χ1n) is 5.29. The van der Waals surface area contributed by atoms with E-state index < -0.39 is 0 Å². The van der Waals surface area contributed by atoms with Crippen molar-refractivity contribution in [2.75, 3.05) is 7.11 Å². The number of carbonyl (C=O) groups is 1. The van der Waals surface area contributed by atoms with Crippen LogP contribution in [0.25, 0.3) is 0 Å². The third-order valence-corrected chi connectivity index (χ3v) is 3.26. The van der Waals surface area contributed by atoms with Crippen LogP contribution in [0.4, 0.5) is 0 Å². The van der Waals surface area contributed by atoms with Crippen molar-refractivity contribution in [3.8, 4) is 5.75 Å². The van der Waals surface area contributed by atoms with Crippen LogP contribution >= 0.6 is 0 Å². The fraction of sp³-hybridized carbons (Fsp3) is 0.462. The van der Waals surface area contributed by atoms with Crippen molar-refractivity contribution in [2.24, 2.45) is 5.41 Å². The highest BCUT2D eigenvalue weighted by molar-refractivity contribution is 5.61. The summed E-state index contributed by atoms with van der Waals surface area (Å²) in [6.07, 6.45) is 3.87. The molecule has 0 saturated carbocycles. The molecule has 15 heavy (non-hydrogen) atoms. The Bertz CT molecular complexity index is 384. The minimum Gasteiger partial charge on any atom is -0.497 e. The molecular weight excluding hydrogens is 188 g/mol. The van der Waals surface area contributed by atoms with Crippen molar-refractivity contribution in [1.82, 2.24) is 0 Å². The summed E-state index contributed by atoms with van der Waals surface area (Å²) in [5, 5.41) is 0. The molecule has 0 saturated heterocycles. The van der Waals surface area contributed by atoms with Gasteiger partial charge in [-0.3, -0.25) is 0 Å². The number of hydrogen-bond donors (Lipinski definition) is 0. The largest absolute Gasteiger partial charge is 0.497 e. The molecule has 0 amide bonds. The first kappa shape index (κ1) is 10.2. The molecule has 0 N–H and O–H groups in total. The summed E-state index contributed by atoms with van der Waals surface area (Å²) < 4.78 is 5.19. The summed E-state index contributed by atoms with van der Waals surface area (Å²) in [4.78, 5) is 11.0. The lowest BCUT2D eigenvalue weighted by Gasteiger charge is -2.29. The van der Waals surface area contributed by atoms with E-state index in [0.717, 1.165) is 31.3 Å². The molecule has 0 spiro atoms. The molecule has 0 fully saturated rings. The maximum Gasteiger partial charge on any atom is 0.126 e. The number of fused-ring (bicyclic) bond motifs is 1. The highest BCUT2D eigenvalue weighted by Gasteiger charge is 2.29. The van der Waals surface area contributed by atoms with Crippen molar-refractivity contribution in [3.63, 3.8) is 0 Å². The second kappa shape index (κ2) is 3.69. The predicted molar refractivity (Wildman–Crippen MR) is 59.2 cm³/mol. The predicted octanol–water partition coefficient (Wildman–Crippen LogP) is 2.39. The van der Waals surface area contributed by atoms with Crippen LogP contribution in [0.1, 0.15) is 24.5 Å². The van der Waals surface area contributed by atoms with Crippen LogP contribution in [0, 0.1) is 5.41 Å². The fourth-order valence-corrected chi connectivity index (χ4v) is 2.18. The van der Waals surface area contributed by atoms with Crippen LogP contribution in [0.5, 0.6) is 5.75 Å². The number of rotatable bonds is 2. The standard InChI is InChI=1S/C13H16O2/c1-13(9-14)6-5-10-7-12(15-2)4-3-11(10)8-13/h3-4,7,9H,5-6,8H2,1-2H3. The summed E-state index contributed by atoms with van der Waals surface area (Å²) in [6.45, 7) is 2.03. The van der Waals surface area contributed by atoms with Crippen molar-refractivity contribution in [2.45, 2.75) is 26.2 Å². The van der Waals surface area contributed by atoms with Crippen LogP contribution in [-0.4, -0.2) is 13.4 Å². The van der Waals surface area contributed by atoms with E-state index in [-0.39, 0.29) is 5.41 Å². The van der Waals surface area contributed by atoms with Crippen LogP contribution in [0.15, 0.2) is 18.2 Å². The molecule has 0 aliphatic heterocycles. The van der Waals surface area contributed by atoms with E-state index in [9.17, 15) is 4.79 Å². The molecule has 0 heterocycles. The Hall–Kier alpha value is -1.31. The summed E-state index contributed by atoms with van der Waals surface area (Å²) in [6, 6.07) is 6.13. The van der Waals surface area contributed by atoms with Crippen molar-refractivity contribution < 1.29 is 9.53 Å². The van der Waals surface area contributed by atoms with Gasteiger partial charge in [-0.05, 0) is 42.5 Å². The van der Waals surface area contributed by atoms with Gasteiger partial charge in [-0.2, -0.15) is 0 Å². The number of methoxy groups -OCH3 is 1. The SMILES string of the molecule is COc1ccc2c(c1)CCC(C)(C=O)C2. The molecule has 1 atom stereocenters. The quantitative estimate of drug-likeness (QED) is 0.691. The van der Waals surface area contributed by atoms with Crippen LogP contribution in [0.2, 0.25) is 0 Å². The number of hydrogen-bond acceptors (Lipinski definition) is 2. The Kier molecular flexibility index (Phi) is 2.51. The van der Waals surface area contributed by atoms with Gasteiger partial charge in [0.05, 0.1) is 7.11 Å². The molecule has 0 radical (unpaired) electrons. The zero-order valence-electron chi connectivity index (χ0n) is 9.25. The van der Waals surface area contributed by atoms with E-state index >= 15 is 0 Å². The van der Waals surface area contributed by atoms with Crippen LogP contribution in [-0.2, 0) is 17.6 Å². The number of aldehydes is 1. The Morgan fingerprint density at radius 2 is 2.20 bits per heavy atom. The first-order valence-corrected chi connectivity index (χ1v) is 5.29. The second-order valence-corrected chi connectivity index (χ2v) is 4.58. The van der Waals surface area contributed by atoms with E-state index in [4.69, 9.17) is 4.74 Å². The van der Waals surface area contributed by atoms with Gasteiger partial charge in [0.25, 0.3) is 0 Å². The lowest BCUT2D eigenvalue weighted by molar-refractivity contribution is -0.115. The van der Waals surface area contributed by atoms with Gasteiger partial charge in [0, 0.05) is 5.41 Å². The molecule has 0 bridgehead atoms. The molecule has 1 aliphatic rings. The molecule has 2 rings (SSSR count). The number of carbonyl (C=O) groups excluding carboxylic acids is 1. The zero-order chi connectivity index (χ0) is 10.9. The highest BCUT2D eigenvalue weighted by atomic mass is 16.5. The van der Waals surface area contributed by atoms with Gasteiger partial charge in [0.15, 0.2) is 0 Å².